The van der Waals surface area contributed by atoms with Crippen LogP contribution in [0.25, 0.3) is 0 Å². The summed E-state index contributed by atoms with van der Waals surface area (Å²) in [5, 5.41) is 20.9. The molecule has 0 spiro atoms. The van der Waals surface area contributed by atoms with Crippen LogP contribution < -0.4 is 10.8 Å². The third-order valence-corrected chi connectivity index (χ3v) is 5.09. The molecule has 2 aromatic rings. The summed E-state index contributed by atoms with van der Waals surface area (Å²) < 4.78 is 29.1. The first-order valence-corrected chi connectivity index (χ1v) is 10.1. The molecule has 152 valence electrons. The van der Waals surface area contributed by atoms with Crippen molar-refractivity contribution in [1.82, 2.24) is 5.48 Å². The molecule has 0 aliphatic rings. The zero-order chi connectivity index (χ0) is 20.8. The molecule has 4 N–H and O–H groups in total. The molecule has 0 radical (unpaired) electrons. The lowest BCUT2D eigenvalue weighted by Crippen LogP contribution is -2.27. The van der Waals surface area contributed by atoms with E-state index in [4.69, 9.17) is 21.5 Å². The minimum atomic E-state index is -1.27. The maximum absolute atomic E-state index is 14.5. The van der Waals surface area contributed by atoms with E-state index in [1.807, 2.05) is 22.6 Å². The summed E-state index contributed by atoms with van der Waals surface area (Å²) in [4.78, 5) is 17.3. The minimum Gasteiger partial charge on any atom is -0.394 e. The number of aliphatic hydroxyl groups is 2. The van der Waals surface area contributed by atoms with Crippen LogP contribution in [0.15, 0.2) is 28.7 Å². The molecular formula is C17H15BrClF2IN2O4. The van der Waals surface area contributed by atoms with E-state index in [9.17, 15) is 18.7 Å². The molecule has 0 saturated carbocycles. The molecule has 0 saturated heterocycles. The Morgan fingerprint density at radius 2 is 2.04 bits per heavy atom. The monoisotopic (exact) mass is 590 g/mol. The van der Waals surface area contributed by atoms with E-state index in [0.29, 0.717) is 0 Å². The first-order chi connectivity index (χ1) is 13.2. The van der Waals surface area contributed by atoms with E-state index in [0.717, 1.165) is 9.64 Å². The molecule has 2 rings (SSSR count). The molecule has 0 fully saturated rings. The Morgan fingerprint density at radius 3 is 2.68 bits per heavy atom. The average Bonchev–Trinajstić information content (AvgIpc) is 2.66. The number of benzene rings is 2. The Kier molecular flexibility index (Phi) is 8.83. The highest BCUT2D eigenvalue weighted by molar-refractivity contribution is 14.1. The second kappa shape index (κ2) is 10.6. The molecule has 0 aliphatic carbocycles. The van der Waals surface area contributed by atoms with Crippen molar-refractivity contribution in [2.45, 2.75) is 12.5 Å². The van der Waals surface area contributed by atoms with E-state index in [1.54, 1.807) is 18.2 Å². The first kappa shape index (κ1) is 23.2. The summed E-state index contributed by atoms with van der Waals surface area (Å²) in [5.74, 6) is -3.29. The lowest BCUT2D eigenvalue weighted by Gasteiger charge is -2.16. The summed E-state index contributed by atoms with van der Waals surface area (Å²) in [6.07, 6.45) is -0.920. The number of hydroxylamine groups is 1. The summed E-state index contributed by atoms with van der Waals surface area (Å²) in [7, 11) is 0. The van der Waals surface area contributed by atoms with Gasteiger partial charge in [0.05, 0.1) is 45.8 Å². The van der Waals surface area contributed by atoms with Gasteiger partial charge in [-0.3, -0.25) is 9.63 Å². The number of halogens is 5. The second-order valence-corrected chi connectivity index (χ2v) is 8.07. The van der Waals surface area contributed by atoms with E-state index in [-0.39, 0.29) is 33.8 Å². The molecule has 1 amide bonds. The molecule has 6 nitrogen and oxygen atoms in total. The number of amides is 1. The molecule has 1 atom stereocenters. The van der Waals surface area contributed by atoms with Gasteiger partial charge >= 0.3 is 0 Å². The van der Waals surface area contributed by atoms with Gasteiger partial charge in [0.25, 0.3) is 5.91 Å². The molecule has 11 heteroatoms. The number of carbonyl (C=O) groups excluding carboxylic acids is 1. The molecule has 0 aromatic heterocycles. The zero-order valence-electron chi connectivity index (χ0n) is 14.1. The van der Waals surface area contributed by atoms with Crippen molar-refractivity contribution < 1.29 is 28.6 Å². The SMILES string of the molecule is O=C(NOCCC(O)CO)c1cc(Br)c(F)c(F)c1Nc1ccc(I)cc1Cl. The number of nitrogens with one attached hydrogen (secondary N) is 2. The van der Waals surface area contributed by atoms with Crippen molar-refractivity contribution in [1.29, 1.82) is 0 Å². The Bertz CT molecular complexity index is 876. The second-order valence-electron chi connectivity index (χ2n) is 5.56. The maximum Gasteiger partial charge on any atom is 0.277 e. The van der Waals surface area contributed by atoms with Gasteiger partial charge < -0.3 is 15.5 Å². The summed E-state index contributed by atoms with van der Waals surface area (Å²) in [5.41, 5.74) is 1.72. The van der Waals surface area contributed by atoms with Gasteiger partial charge in [-0.1, -0.05) is 11.6 Å². The Hall–Kier alpha value is -1.05. The molecular weight excluding hydrogens is 576 g/mol. The first-order valence-electron chi connectivity index (χ1n) is 7.85. The van der Waals surface area contributed by atoms with E-state index in [1.165, 1.54) is 0 Å². The quantitative estimate of drug-likeness (QED) is 0.161. The summed E-state index contributed by atoms with van der Waals surface area (Å²) in [6.45, 7) is -0.539. The maximum atomic E-state index is 14.5. The topological polar surface area (TPSA) is 90.8 Å². The highest BCUT2D eigenvalue weighted by Crippen LogP contribution is 2.34. The molecule has 2 aromatic carbocycles. The third kappa shape index (κ3) is 5.97. The fourth-order valence-electron chi connectivity index (χ4n) is 2.08. The number of rotatable bonds is 8. The normalized spacial score (nSPS) is 12.0. The van der Waals surface area contributed by atoms with Crippen molar-refractivity contribution in [2.24, 2.45) is 0 Å². The summed E-state index contributed by atoms with van der Waals surface area (Å²) >= 11 is 11.0. The van der Waals surface area contributed by atoms with Crippen LogP contribution >= 0.6 is 50.1 Å². The number of hydrogen-bond donors (Lipinski definition) is 4. The van der Waals surface area contributed by atoms with Crippen molar-refractivity contribution in [2.75, 3.05) is 18.5 Å². The van der Waals surface area contributed by atoms with Gasteiger partial charge in [-0.05, 0) is 62.8 Å². The molecule has 0 bridgehead atoms. The van der Waals surface area contributed by atoms with Gasteiger partial charge in [-0.15, -0.1) is 0 Å². The van der Waals surface area contributed by atoms with E-state index in [2.05, 4.69) is 26.7 Å². The van der Waals surface area contributed by atoms with Crippen LogP contribution in [0.5, 0.6) is 0 Å². The van der Waals surface area contributed by atoms with Crippen LogP contribution in [0, 0.1) is 15.2 Å². The molecule has 28 heavy (non-hydrogen) atoms. The predicted octanol–water partition coefficient (Wildman–Crippen LogP) is 4.13. The van der Waals surface area contributed by atoms with Gasteiger partial charge in [0, 0.05) is 9.99 Å². The standard InChI is InChI=1S/C17H15BrClF2IN2O4/c18-11-6-10(17(27)24-28-4-3-9(26)7-25)16(15(21)14(11)20)23-13-2-1-8(22)5-12(13)19/h1-2,5-6,9,23,25-26H,3-4,7H2,(H,24,27). The fourth-order valence-corrected chi connectivity index (χ4v) is 3.39. The van der Waals surface area contributed by atoms with E-state index < -0.39 is 35.9 Å². The van der Waals surface area contributed by atoms with Crippen LogP contribution in [0.1, 0.15) is 16.8 Å². The summed E-state index contributed by atoms with van der Waals surface area (Å²) in [6, 6.07) is 5.99. The van der Waals surface area contributed by atoms with Crippen molar-refractivity contribution >= 4 is 67.4 Å². The minimum absolute atomic E-state index is 0.0711. The zero-order valence-corrected chi connectivity index (χ0v) is 18.6. The van der Waals surface area contributed by atoms with Crippen LogP contribution in [0.2, 0.25) is 5.02 Å². The van der Waals surface area contributed by atoms with Crippen LogP contribution in [-0.2, 0) is 4.84 Å². The highest BCUT2D eigenvalue weighted by Gasteiger charge is 2.23. The predicted molar refractivity (Wildman–Crippen MR) is 113 cm³/mol. The Labute approximate surface area is 186 Å². The van der Waals surface area contributed by atoms with Gasteiger partial charge in [0.2, 0.25) is 0 Å². The van der Waals surface area contributed by atoms with Crippen LogP contribution in [0.3, 0.4) is 0 Å². The smallest absolute Gasteiger partial charge is 0.277 e. The number of carbonyl (C=O) groups is 1. The van der Waals surface area contributed by atoms with Gasteiger partial charge in [-0.25, -0.2) is 14.3 Å². The number of anilines is 2. The van der Waals surface area contributed by atoms with Crippen LogP contribution in [-0.4, -0.2) is 35.4 Å². The van der Waals surface area contributed by atoms with Gasteiger partial charge in [0.1, 0.15) is 0 Å². The lowest BCUT2D eigenvalue weighted by molar-refractivity contribution is 0.00704. The Balaban J connectivity index is 2.26. The van der Waals surface area contributed by atoms with E-state index >= 15 is 0 Å². The Morgan fingerprint density at radius 1 is 1.32 bits per heavy atom. The van der Waals surface area contributed by atoms with Crippen LogP contribution in [0.4, 0.5) is 20.2 Å². The largest absolute Gasteiger partial charge is 0.394 e. The van der Waals surface area contributed by atoms with Gasteiger partial charge in [0.15, 0.2) is 11.6 Å². The average molecular weight is 592 g/mol. The van der Waals surface area contributed by atoms with Gasteiger partial charge in [-0.2, -0.15) is 0 Å². The lowest BCUT2D eigenvalue weighted by atomic mass is 10.1. The van der Waals surface area contributed by atoms with Crippen molar-refractivity contribution in [3.8, 4) is 0 Å². The third-order valence-electron chi connectivity index (χ3n) is 3.53. The molecule has 1 unspecified atom stereocenters. The molecule has 0 aliphatic heterocycles. The number of hydrogen-bond acceptors (Lipinski definition) is 5. The van der Waals surface area contributed by atoms with Crippen molar-refractivity contribution in [3.05, 3.63) is 54.5 Å². The fraction of sp³-hybridized carbons (Fsp3) is 0.235. The number of aliphatic hydroxyl groups excluding tert-OH is 2. The van der Waals surface area contributed by atoms with Crippen molar-refractivity contribution in [3.63, 3.8) is 0 Å². The highest BCUT2D eigenvalue weighted by atomic mass is 127. The molecule has 0 heterocycles.